The van der Waals surface area contributed by atoms with Crippen LogP contribution in [-0.2, 0) is 19.1 Å². The Bertz CT molecular complexity index is 637. The minimum atomic E-state index is -0.268. The molecule has 0 unspecified atom stereocenters. The first-order valence-corrected chi connectivity index (χ1v) is 9.40. The fraction of sp³-hybridized carbons (Fsp3) is 0.364. The average molecular weight is 422 g/mol. The van der Waals surface area contributed by atoms with E-state index in [2.05, 4.69) is 0 Å². The Morgan fingerprint density at radius 2 is 1.03 bits per heavy atom. The maximum absolute atomic E-state index is 11.1. The number of carbonyl (C=O) groups is 2. The van der Waals surface area contributed by atoms with E-state index in [4.69, 9.17) is 20.9 Å². The molecule has 0 aromatic heterocycles. The maximum atomic E-state index is 11.1. The fourth-order valence-electron chi connectivity index (χ4n) is 2.44. The zero-order valence-electron chi connectivity index (χ0n) is 16.9. The SMILES string of the molecule is CCOC(=O)C[C@@H](N)c1ccccc1.CCOC(=O)C[C@@H](N)c1ccccc1.[Cl-]. The van der Waals surface area contributed by atoms with Gasteiger partial charge in [-0.05, 0) is 25.0 Å². The summed E-state index contributed by atoms with van der Waals surface area (Å²) in [6, 6.07) is 18.5. The third-order valence-corrected chi connectivity index (χ3v) is 3.84. The highest BCUT2D eigenvalue weighted by Crippen LogP contribution is 2.14. The lowest BCUT2D eigenvalue weighted by atomic mass is 10.1. The van der Waals surface area contributed by atoms with Gasteiger partial charge in [-0.25, -0.2) is 0 Å². The van der Waals surface area contributed by atoms with Gasteiger partial charge in [-0.2, -0.15) is 0 Å². The van der Waals surface area contributed by atoms with Crippen molar-refractivity contribution in [3.8, 4) is 0 Å². The van der Waals surface area contributed by atoms with E-state index in [1.54, 1.807) is 13.8 Å². The summed E-state index contributed by atoms with van der Waals surface area (Å²) in [6.07, 6.45) is 0.468. The number of hydrogen-bond acceptors (Lipinski definition) is 6. The van der Waals surface area contributed by atoms with Gasteiger partial charge in [-0.3, -0.25) is 9.59 Å². The summed E-state index contributed by atoms with van der Waals surface area (Å²) in [4.78, 5) is 22.2. The van der Waals surface area contributed by atoms with Crippen LogP contribution in [-0.4, -0.2) is 25.2 Å². The van der Waals surface area contributed by atoms with Crippen LogP contribution in [0.15, 0.2) is 60.7 Å². The normalized spacial score (nSPS) is 11.7. The van der Waals surface area contributed by atoms with Crippen molar-refractivity contribution in [2.45, 2.75) is 38.8 Å². The Morgan fingerprint density at radius 3 is 1.31 bits per heavy atom. The van der Waals surface area contributed by atoms with Gasteiger partial charge in [0.25, 0.3) is 0 Å². The van der Waals surface area contributed by atoms with E-state index >= 15 is 0 Å². The Morgan fingerprint density at radius 1 is 0.724 bits per heavy atom. The average Bonchev–Trinajstić information content (AvgIpc) is 2.70. The van der Waals surface area contributed by atoms with Gasteiger partial charge in [0.05, 0.1) is 26.1 Å². The van der Waals surface area contributed by atoms with Crippen LogP contribution in [0.1, 0.15) is 49.9 Å². The van der Waals surface area contributed by atoms with E-state index in [0.717, 1.165) is 11.1 Å². The van der Waals surface area contributed by atoms with Crippen molar-refractivity contribution in [3.05, 3.63) is 71.8 Å². The van der Waals surface area contributed by atoms with E-state index in [1.807, 2.05) is 60.7 Å². The highest BCUT2D eigenvalue weighted by Gasteiger charge is 2.12. The van der Waals surface area contributed by atoms with Crippen molar-refractivity contribution in [1.82, 2.24) is 0 Å². The molecule has 2 atom stereocenters. The van der Waals surface area contributed by atoms with Gasteiger partial charge in [0.2, 0.25) is 0 Å². The number of ether oxygens (including phenoxy) is 2. The predicted octanol–water partition coefficient (Wildman–Crippen LogP) is 0.283. The molecule has 0 aliphatic rings. The maximum Gasteiger partial charge on any atom is 0.307 e. The molecule has 2 aromatic rings. The number of nitrogens with two attached hydrogens (primary N) is 2. The molecule has 29 heavy (non-hydrogen) atoms. The molecule has 6 nitrogen and oxygen atoms in total. The quantitative estimate of drug-likeness (QED) is 0.593. The molecule has 0 fully saturated rings. The Balaban J connectivity index is 0.000000523. The third kappa shape index (κ3) is 11.2. The Kier molecular flexibility index (Phi) is 14.2. The van der Waals surface area contributed by atoms with Crippen LogP contribution in [0.25, 0.3) is 0 Å². The second-order valence-corrected chi connectivity index (χ2v) is 6.05. The number of rotatable bonds is 8. The summed E-state index contributed by atoms with van der Waals surface area (Å²) in [5.41, 5.74) is 13.6. The van der Waals surface area contributed by atoms with Crippen molar-refractivity contribution in [2.75, 3.05) is 13.2 Å². The smallest absolute Gasteiger partial charge is 0.307 e. The lowest BCUT2D eigenvalue weighted by Gasteiger charge is -2.10. The molecular formula is C22H30ClN2O4-. The summed E-state index contributed by atoms with van der Waals surface area (Å²) in [5, 5.41) is 0. The monoisotopic (exact) mass is 421 g/mol. The first-order valence-electron chi connectivity index (χ1n) is 9.40. The third-order valence-electron chi connectivity index (χ3n) is 3.84. The molecule has 4 N–H and O–H groups in total. The summed E-state index contributed by atoms with van der Waals surface area (Å²) < 4.78 is 9.63. The van der Waals surface area contributed by atoms with Crippen molar-refractivity contribution >= 4 is 11.9 Å². The van der Waals surface area contributed by atoms with Crippen LogP contribution >= 0.6 is 0 Å². The van der Waals surface area contributed by atoms with E-state index in [0.29, 0.717) is 13.2 Å². The molecule has 7 heteroatoms. The molecule has 0 bridgehead atoms. The molecule has 160 valence electrons. The van der Waals surface area contributed by atoms with Crippen LogP contribution < -0.4 is 23.9 Å². The molecule has 0 heterocycles. The second kappa shape index (κ2) is 15.5. The molecule has 2 aromatic carbocycles. The molecule has 0 aliphatic heterocycles. The van der Waals surface area contributed by atoms with Crippen LogP contribution in [0.4, 0.5) is 0 Å². The van der Waals surface area contributed by atoms with Crippen molar-refractivity contribution in [1.29, 1.82) is 0 Å². The highest BCUT2D eigenvalue weighted by atomic mass is 35.5. The topological polar surface area (TPSA) is 105 Å². The van der Waals surface area contributed by atoms with E-state index in [-0.39, 0.29) is 49.3 Å². The second-order valence-electron chi connectivity index (χ2n) is 6.05. The van der Waals surface area contributed by atoms with E-state index < -0.39 is 0 Å². The van der Waals surface area contributed by atoms with E-state index in [9.17, 15) is 9.59 Å². The summed E-state index contributed by atoms with van der Waals surface area (Å²) in [5.74, 6) is -0.493. The molecule has 0 aliphatic carbocycles. The molecule has 0 amide bonds. The van der Waals surface area contributed by atoms with Gasteiger partial charge in [-0.1, -0.05) is 60.7 Å². The van der Waals surface area contributed by atoms with Gasteiger partial charge in [0.1, 0.15) is 0 Å². The molecule has 0 spiro atoms. The van der Waals surface area contributed by atoms with Crippen LogP contribution in [0.3, 0.4) is 0 Å². The van der Waals surface area contributed by atoms with Crippen LogP contribution in [0.2, 0.25) is 0 Å². The van der Waals surface area contributed by atoms with Crippen molar-refractivity contribution in [2.24, 2.45) is 11.5 Å². The van der Waals surface area contributed by atoms with Gasteiger partial charge < -0.3 is 33.3 Å². The lowest BCUT2D eigenvalue weighted by Crippen LogP contribution is -3.00. The summed E-state index contributed by atoms with van der Waals surface area (Å²) >= 11 is 0. The molecule has 0 saturated carbocycles. The lowest BCUT2D eigenvalue weighted by molar-refractivity contribution is -0.144. The summed E-state index contributed by atoms with van der Waals surface area (Å²) in [6.45, 7) is 4.37. The van der Waals surface area contributed by atoms with Gasteiger partial charge in [0.15, 0.2) is 0 Å². The van der Waals surface area contributed by atoms with Crippen LogP contribution in [0.5, 0.6) is 0 Å². The van der Waals surface area contributed by atoms with Crippen LogP contribution in [0, 0.1) is 0 Å². The Labute approximate surface area is 179 Å². The number of hydrogen-bond donors (Lipinski definition) is 2. The van der Waals surface area contributed by atoms with Crippen molar-refractivity contribution in [3.63, 3.8) is 0 Å². The Hall–Kier alpha value is -2.41. The molecule has 0 radical (unpaired) electrons. The number of carbonyl (C=O) groups excluding carboxylic acids is 2. The minimum absolute atomic E-state index is 0. The zero-order chi connectivity index (χ0) is 20.8. The van der Waals surface area contributed by atoms with Gasteiger partial charge in [-0.15, -0.1) is 0 Å². The zero-order valence-corrected chi connectivity index (χ0v) is 17.7. The predicted molar refractivity (Wildman–Crippen MR) is 109 cm³/mol. The fourth-order valence-corrected chi connectivity index (χ4v) is 2.44. The number of benzene rings is 2. The highest BCUT2D eigenvalue weighted by molar-refractivity contribution is 5.70. The largest absolute Gasteiger partial charge is 1.00 e. The first-order chi connectivity index (χ1) is 13.5. The molecule has 0 saturated heterocycles. The van der Waals surface area contributed by atoms with Gasteiger partial charge >= 0.3 is 11.9 Å². The van der Waals surface area contributed by atoms with Crippen molar-refractivity contribution < 1.29 is 31.5 Å². The number of esters is 2. The molecular weight excluding hydrogens is 392 g/mol. The summed E-state index contributed by atoms with van der Waals surface area (Å²) in [7, 11) is 0. The van der Waals surface area contributed by atoms with Gasteiger partial charge in [0, 0.05) is 12.1 Å². The van der Waals surface area contributed by atoms with E-state index in [1.165, 1.54) is 0 Å². The molecule has 2 rings (SSSR count). The standard InChI is InChI=1S/2C11H15NO2.ClH/c2*1-2-14-11(13)8-10(12)9-6-4-3-5-7-9;/h2*3-7,10H,2,8,12H2,1H3;1H/p-1/t2*10-;/m11./s1. The number of halogens is 1. The first kappa shape index (κ1) is 26.6. The minimum Gasteiger partial charge on any atom is -1.00 e.